The minimum absolute atomic E-state index is 0.103. The van der Waals surface area contributed by atoms with E-state index >= 15 is 0 Å². The Morgan fingerprint density at radius 2 is 1.71 bits per heavy atom. The number of anilines is 1. The zero-order chi connectivity index (χ0) is 22.1. The van der Waals surface area contributed by atoms with Gasteiger partial charge >= 0.3 is 5.91 Å². The molecule has 154 valence electrons. The molecule has 31 heavy (non-hydrogen) atoms. The number of hydrogen-bond donors (Lipinski definition) is 1. The predicted octanol–water partition coefficient (Wildman–Crippen LogP) is 3.92. The predicted molar refractivity (Wildman–Crippen MR) is 113 cm³/mol. The molecular weight excluding hydrogens is 398 g/mol. The zero-order valence-corrected chi connectivity index (χ0v) is 16.4. The van der Waals surface area contributed by atoms with Gasteiger partial charge in [0, 0.05) is 23.9 Å². The number of carbonyl (C=O) groups is 2. The highest BCUT2D eigenvalue weighted by molar-refractivity contribution is 6.51. The van der Waals surface area contributed by atoms with Crippen LogP contribution < -0.4 is 4.90 Å². The Hall–Kier alpha value is -4.33. The summed E-state index contributed by atoms with van der Waals surface area (Å²) in [7, 11) is 0. The molecule has 0 spiro atoms. The summed E-state index contributed by atoms with van der Waals surface area (Å²) in [5.41, 5.74) is 1.56. The molecule has 8 heteroatoms. The Kier molecular flexibility index (Phi) is 5.04. The van der Waals surface area contributed by atoms with Gasteiger partial charge in [0.05, 0.1) is 16.5 Å². The van der Waals surface area contributed by atoms with E-state index in [0.29, 0.717) is 11.1 Å². The lowest BCUT2D eigenvalue weighted by atomic mass is 9.95. The van der Waals surface area contributed by atoms with E-state index in [4.69, 9.17) is 0 Å². The number of carbonyl (C=O) groups excluding carboxylic acids is 2. The lowest BCUT2D eigenvalue weighted by Crippen LogP contribution is -2.30. The van der Waals surface area contributed by atoms with Crippen LogP contribution in [0.3, 0.4) is 0 Å². The molecule has 1 saturated heterocycles. The van der Waals surface area contributed by atoms with Crippen molar-refractivity contribution in [3.8, 4) is 0 Å². The van der Waals surface area contributed by atoms with Crippen LogP contribution in [0.5, 0.6) is 0 Å². The molecule has 3 aromatic rings. The molecule has 0 saturated carbocycles. The lowest BCUT2D eigenvalue weighted by molar-refractivity contribution is -0.384. The third-order valence-corrected chi connectivity index (χ3v) is 5.09. The second-order valence-electron chi connectivity index (χ2n) is 7.07. The summed E-state index contributed by atoms with van der Waals surface area (Å²) in [6.07, 6.45) is 1.49. The average Bonchev–Trinajstić information content (AvgIpc) is 3.05. The van der Waals surface area contributed by atoms with Gasteiger partial charge in [0.25, 0.3) is 11.5 Å². The number of hydrogen-bond acceptors (Lipinski definition) is 6. The molecule has 1 atom stereocenters. The number of aromatic nitrogens is 1. The zero-order valence-electron chi connectivity index (χ0n) is 16.4. The van der Waals surface area contributed by atoms with E-state index in [2.05, 4.69) is 4.98 Å². The molecule has 1 N–H and O–H groups in total. The number of aryl methyl sites for hydroxylation is 1. The van der Waals surface area contributed by atoms with Gasteiger partial charge in [-0.25, -0.2) is 4.98 Å². The van der Waals surface area contributed by atoms with Crippen molar-refractivity contribution in [3.05, 3.63) is 105 Å². The first kappa shape index (κ1) is 20.0. The summed E-state index contributed by atoms with van der Waals surface area (Å²) in [6.45, 7) is 1.89. The molecule has 1 fully saturated rings. The van der Waals surface area contributed by atoms with Gasteiger partial charge in [0.15, 0.2) is 0 Å². The minimum atomic E-state index is -0.989. The standard InChI is InChI=1S/C23H17N3O5/c1-14-5-7-16(8-6-14)21(27)19-20(15-9-11-17(12-10-15)26(30)31)25(23(29)22(19)28)18-4-2-3-13-24-18/h2-13,20,27H,1H3/b21-19+/t20-/m1/s1. The largest absolute Gasteiger partial charge is 0.507 e. The highest BCUT2D eigenvalue weighted by atomic mass is 16.6. The molecule has 8 nitrogen and oxygen atoms in total. The van der Waals surface area contributed by atoms with Gasteiger partial charge in [-0.3, -0.25) is 24.6 Å². The number of nitrogens with zero attached hydrogens (tertiary/aromatic N) is 3. The monoisotopic (exact) mass is 415 g/mol. The molecule has 1 aliphatic rings. The Balaban J connectivity index is 1.92. The normalized spacial score (nSPS) is 17.7. The maximum atomic E-state index is 13.0. The van der Waals surface area contributed by atoms with Gasteiger partial charge in [-0.1, -0.05) is 35.9 Å². The first-order chi connectivity index (χ1) is 14.9. The summed E-state index contributed by atoms with van der Waals surface area (Å²) in [6, 6.07) is 16.3. The highest BCUT2D eigenvalue weighted by Crippen LogP contribution is 2.41. The van der Waals surface area contributed by atoms with Crippen LogP contribution in [-0.4, -0.2) is 26.7 Å². The molecule has 0 bridgehead atoms. The lowest BCUT2D eigenvalue weighted by Gasteiger charge is -2.24. The van der Waals surface area contributed by atoms with Crippen LogP contribution in [0.4, 0.5) is 11.5 Å². The Morgan fingerprint density at radius 3 is 2.29 bits per heavy atom. The van der Waals surface area contributed by atoms with Gasteiger partial charge in [-0.2, -0.15) is 0 Å². The topological polar surface area (TPSA) is 114 Å². The highest BCUT2D eigenvalue weighted by Gasteiger charge is 2.47. The van der Waals surface area contributed by atoms with E-state index in [-0.39, 0.29) is 22.8 Å². The molecule has 1 aliphatic heterocycles. The molecule has 0 radical (unpaired) electrons. The number of non-ortho nitro benzene ring substituents is 1. The van der Waals surface area contributed by atoms with Crippen LogP contribution in [0, 0.1) is 17.0 Å². The van der Waals surface area contributed by atoms with Crippen LogP contribution >= 0.6 is 0 Å². The summed E-state index contributed by atoms with van der Waals surface area (Å²) in [5.74, 6) is -1.78. The van der Waals surface area contributed by atoms with Gasteiger partial charge < -0.3 is 5.11 Å². The van der Waals surface area contributed by atoms with Crippen molar-refractivity contribution in [2.24, 2.45) is 0 Å². The first-order valence-corrected chi connectivity index (χ1v) is 9.42. The number of pyridine rings is 1. The molecule has 2 aromatic carbocycles. The van der Waals surface area contributed by atoms with Gasteiger partial charge in [0.2, 0.25) is 0 Å². The van der Waals surface area contributed by atoms with E-state index in [1.807, 2.05) is 6.92 Å². The Bertz CT molecular complexity index is 1200. The third-order valence-electron chi connectivity index (χ3n) is 5.09. The number of benzene rings is 2. The molecule has 0 aliphatic carbocycles. The summed E-state index contributed by atoms with van der Waals surface area (Å²) in [5, 5.41) is 22.0. The molecular formula is C23H17N3O5. The van der Waals surface area contributed by atoms with Crippen molar-refractivity contribution in [1.82, 2.24) is 4.98 Å². The fourth-order valence-electron chi connectivity index (χ4n) is 3.53. The number of aliphatic hydroxyl groups is 1. The van der Waals surface area contributed by atoms with Crippen LogP contribution in [0.15, 0.2) is 78.5 Å². The number of ketones is 1. The third kappa shape index (κ3) is 3.55. The number of rotatable bonds is 4. The van der Waals surface area contributed by atoms with E-state index < -0.39 is 22.7 Å². The quantitative estimate of drug-likeness (QED) is 0.227. The van der Waals surface area contributed by atoms with E-state index in [1.54, 1.807) is 42.5 Å². The van der Waals surface area contributed by atoms with Crippen molar-refractivity contribution in [3.63, 3.8) is 0 Å². The number of nitro groups is 1. The Labute approximate surface area is 177 Å². The van der Waals surface area contributed by atoms with Crippen molar-refractivity contribution in [2.75, 3.05) is 4.90 Å². The fourth-order valence-corrected chi connectivity index (χ4v) is 3.53. The van der Waals surface area contributed by atoms with Crippen LogP contribution in [0.1, 0.15) is 22.7 Å². The maximum absolute atomic E-state index is 13.0. The van der Waals surface area contributed by atoms with Gasteiger partial charge in [-0.05, 0) is 36.8 Å². The average molecular weight is 415 g/mol. The second kappa shape index (κ2) is 7.83. The summed E-state index contributed by atoms with van der Waals surface area (Å²) >= 11 is 0. The van der Waals surface area contributed by atoms with E-state index in [0.717, 1.165) is 5.56 Å². The van der Waals surface area contributed by atoms with Crippen LogP contribution in [-0.2, 0) is 9.59 Å². The fraction of sp³-hybridized carbons (Fsp3) is 0.0870. The SMILES string of the molecule is Cc1ccc(/C(O)=C2\C(=O)C(=O)N(c3ccccn3)[C@@H]2c2ccc([N+](=O)[O-])cc2)cc1. The molecule has 2 heterocycles. The number of amides is 1. The smallest absolute Gasteiger partial charge is 0.301 e. The molecule has 4 rings (SSSR count). The van der Waals surface area contributed by atoms with Crippen molar-refractivity contribution < 1.29 is 19.6 Å². The molecule has 1 aromatic heterocycles. The number of Topliss-reactive ketones (excluding diaryl/α,β-unsaturated/α-hetero) is 1. The van der Waals surface area contributed by atoms with Crippen LogP contribution in [0.2, 0.25) is 0 Å². The minimum Gasteiger partial charge on any atom is -0.507 e. The number of nitro benzene ring substituents is 1. The van der Waals surface area contributed by atoms with Gasteiger partial charge in [-0.15, -0.1) is 0 Å². The second-order valence-corrected chi connectivity index (χ2v) is 7.07. The van der Waals surface area contributed by atoms with Crippen molar-refractivity contribution in [2.45, 2.75) is 13.0 Å². The summed E-state index contributed by atoms with van der Waals surface area (Å²) in [4.78, 5) is 41.8. The van der Waals surface area contributed by atoms with Crippen molar-refractivity contribution in [1.29, 1.82) is 0 Å². The van der Waals surface area contributed by atoms with Gasteiger partial charge in [0.1, 0.15) is 11.6 Å². The number of aliphatic hydroxyl groups excluding tert-OH is 1. The van der Waals surface area contributed by atoms with E-state index in [9.17, 15) is 24.8 Å². The first-order valence-electron chi connectivity index (χ1n) is 9.42. The summed E-state index contributed by atoms with van der Waals surface area (Å²) < 4.78 is 0. The Morgan fingerprint density at radius 1 is 1.03 bits per heavy atom. The maximum Gasteiger partial charge on any atom is 0.301 e. The van der Waals surface area contributed by atoms with E-state index in [1.165, 1.54) is 35.4 Å². The van der Waals surface area contributed by atoms with Crippen molar-refractivity contribution >= 4 is 29.0 Å². The van der Waals surface area contributed by atoms with Crippen LogP contribution in [0.25, 0.3) is 5.76 Å². The molecule has 0 unspecified atom stereocenters. The molecule has 1 amide bonds.